The van der Waals surface area contributed by atoms with E-state index >= 15 is 0 Å². The number of halogens is 1. The molecule has 0 radical (unpaired) electrons. The molecule has 2 aromatic rings. The number of rotatable bonds is 1. The van der Waals surface area contributed by atoms with Gasteiger partial charge in [-0.05, 0) is 30.3 Å². The molecule has 6 heteroatoms. The summed E-state index contributed by atoms with van der Waals surface area (Å²) in [5.41, 5.74) is 2.25. The molecule has 22 heavy (non-hydrogen) atoms. The van der Waals surface area contributed by atoms with Gasteiger partial charge >= 0.3 is 0 Å². The summed E-state index contributed by atoms with van der Waals surface area (Å²) in [5.74, 6) is 0.681. The van der Waals surface area contributed by atoms with Crippen LogP contribution in [-0.4, -0.2) is 34.8 Å². The van der Waals surface area contributed by atoms with E-state index < -0.39 is 0 Å². The molecule has 0 saturated carbocycles. The molecule has 0 bridgehead atoms. The first-order valence-electron chi connectivity index (χ1n) is 6.95. The van der Waals surface area contributed by atoms with Crippen LogP contribution in [0.1, 0.15) is 15.9 Å². The molecule has 0 N–H and O–H groups in total. The van der Waals surface area contributed by atoms with Gasteiger partial charge in [0.2, 0.25) is 0 Å². The van der Waals surface area contributed by atoms with Gasteiger partial charge in [-0.15, -0.1) is 0 Å². The van der Waals surface area contributed by atoms with Crippen LogP contribution in [0.4, 0.5) is 0 Å². The molecule has 1 aromatic heterocycles. The summed E-state index contributed by atoms with van der Waals surface area (Å²) in [5, 5.41) is 6.61. The second kappa shape index (κ2) is 5.10. The number of carbonyl (C=O) groups is 1. The van der Waals surface area contributed by atoms with E-state index in [-0.39, 0.29) is 11.8 Å². The quantitative estimate of drug-likeness (QED) is 0.813. The van der Waals surface area contributed by atoms with Crippen LogP contribution in [0.2, 0.25) is 5.02 Å². The maximum Gasteiger partial charge on any atom is 0.275 e. The largest absolute Gasteiger partial charge is 0.492 e. The number of pyridine rings is 1. The number of nitrogens with zero attached hydrogens (tertiary/aromatic N) is 3. The molecule has 3 heterocycles. The molecule has 0 saturated heterocycles. The van der Waals surface area contributed by atoms with E-state index in [2.05, 4.69) is 10.1 Å². The predicted octanol–water partition coefficient (Wildman–Crippen LogP) is 2.60. The highest BCUT2D eigenvalue weighted by Crippen LogP contribution is 2.33. The number of fused-ring (bicyclic) bond motifs is 3. The van der Waals surface area contributed by atoms with Gasteiger partial charge in [-0.25, -0.2) is 5.01 Å². The maximum atomic E-state index is 12.5. The lowest BCUT2D eigenvalue weighted by Gasteiger charge is -2.22. The van der Waals surface area contributed by atoms with E-state index in [4.69, 9.17) is 16.3 Å². The average Bonchev–Trinajstić information content (AvgIpc) is 2.99. The SMILES string of the molecule is O=C(c1cccnc1)N1CC2COc3ccc(Cl)cc3C2=N1. The van der Waals surface area contributed by atoms with Crippen molar-refractivity contribution in [1.29, 1.82) is 0 Å². The third-order valence-corrected chi connectivity index (χ3v) is 4.04. The first kappa shape index (κ1) is 13.3. The van der Waals surface area contributed by atoms with E-state index in [1.54, 1.807) is 30.6 Å². The lowest BCUT2D eigenvalue weighted by molar-refractivity contribution is 0.0760. The molecule has 0 spiro atoms. The molecule has 0 aliphatic carbocycles. The van der Waals surface area contributed by atoms with Crippen molar-refractivity contribution < 1.29 is 9.53 Å². The zero-order chi connectivity index (χ0) is 15.1. The Morgan fingerprint density at radius 3 is 3.09 bits per heavy atom. The summed E-state index contributed by atoms with van der Waals surface area (Å²) in [6, 6.07) is 8.93. The molecule has 1 atom stereocenters. The van der Waals surface area contributed by atoms with Gasteiger partial charge in [-0.2, -0.15) is 5.10 Å². The van der Waals surface area contributed by atoms with Crippen LogP contribution < -0.4 is 4.74 Å². The molecule has 0 fully saturated rings. The predicted molar refractivity (Wildman–Crippen MR) is 82.2 cm³/mol. The van der Waals surface area contributed by atoms with Crippen molar-refractivity contribution in [2.75, 3.05) is 13.2 Å². The highest BCUT2D eigenvalue weighted by Gasteiger charge is 2.36. The second-order valence-electron chi connectivity index (χ2n) is 5.26. The average molecular weight is 314 g/mol. The highest BCUT2D eigenvalue weighted by molar-refractivity contribution is 6.31. The Morgan fingerprint density at radius 2 is 2.27 bits per heavy atom. The molecule has 1 amide bonds. The number of amides is 1. The van der Waals surface area contributed by atoms with E-state index in [9.17, 15) is 4.79 Å². The summed E-state index contributed by atoms with van der Waals surface area (Å²) < 4.78 is 5.74. The molecule has 5 nitrogen and oxygen atoms in total. The van der Waals surface area contributed by atoms with Crippen molar-refractivity contribution in [3.63, 3.8) is 0 Å². The third kappa shape index (κ3) is 2.14. The standard InChI is InChI=1S/C16H12ClN3O2/c17-12-3-4-14-13(6-12)15-11(9-22-14)8-20(19-15)16(21)10-2-1-5-18-7-10/h1-7,11H,8-9H2. The second-order valence-corrected chi connectivity index (χ2v) is 5.70. The van der Waals surface area contributed by atoms with Crippen LogP contribution in [0.5, 0.6) is 5.75 Å². The van der Waals surface area contributed by atoms with Crippen LogP contribution in [0.15, 0.2) is 47.8 Å². The van der Waals surface area contributed by atoms with Crippen LogP contribution in [-0.2, 0) is 0 Å². The Kier molecular flexibility index (Phi) is 3.08. The van der Waals surface area contributed by atoms with Crippen molar-refractivity contribution >= 4 is 23.2 Å². The summed E-state index contributed by atoms with van der Waals surface area (Å²) in [6.07, 6.45) is 3.18. The van der Waals surface area contributed by atoms with Gasteiger partial charge in [0.1, 0.15) is 5.75 Å². The van der Waals surface area contributed by atoms with Gasteiger partial charge in [0.25, 0.3) is 5.91 Å². The van der Waals surface area contributed by atoms with Gasteiger partial charge in [-0.3, -0.25) is 9.78 Å². The number of hydrogen-bond donors (Lipinski definition) is 0. The molecule has 110 valence electrons. The van der Waals surface area contributed by atoms with Crippen molar-refractivity contribution in [3.05, 3.63) is 58.9 Å². The summed E-state index contributed by atoms with van der Waals surface area (Å²) in [7, 11) is 0. The number of benzene rings is 1. The third-order valence-electron chi connectivity index (χ3n) is 3.81. The Morgan fingerprint density at radius 1 is 1.36 bits per heavy atom. The van der Waals surface area contributed by atoms with Gasteiger partial charge in [0.15, 0.2) is 0 Å². The Labute approximate surface area is 132 Å². The maximum absolute atomic E-state index is 12.5. The van der Waals surface area contributed by atoms with Crippen molar-refractivity contribution in [2.24, 2.45) is 11.0 Å². The molecular weight excluding hydrogens is 302 g/mol. The Hall–Kier alpha value is -2.40. The van der Waals surface area contributed by atoms with Crippen LogP contribution in [0, 0.1) is 5.92 Å². The van der Waals surface area contributed by atoms with Crippen LogP contribution in [0.3, 0.4) is 0 Å². The summed E-state index contributed by atoms with van der Waals surface area (Å²) in [6.45, 7) is 1.03. The molecule has 1 unspecified atom stereocenters. The lowest BCUT2D eigenvalue weighted by atomic mass is 9.95. The minimum absolute atomic E-state index is 0.0755. The van der Waals surface area contributed by atoms with Crippen molar-refractivity contribution in [2.45, 2.75) is 0 Å². The fraction of sp³-hybridized carbons (Fsp3) is 0.188. The summed E-state index contributed by atoms with van der Waals surface area (Å²) >= 11 is 6.06. The number of hydrogen-bond acceptors (Lipinski definition) is 4. The molecular formula is C16H12ClN3O2. The van der Waals surface area contributed by atoms with Gasteiger partial charge in [0.05, 0.1) is 30.3 Å². The monoisotopic (exact) mass is 313 g/mol. The smallest absolute Gasteiger partial charge is 0.275 e. The van der Waals surface area contributed by atoms with Gasteiger partial charge in [0, 0.05) is 23.0 Å². The highest BCUT2D eigenvalue weighted by atomic mass is 35.5. The zero-order valence-electron chi connectivity index (χ0n) is 11.6. The van der Waals surface area contributed by atoms with Gasteiger partial charge in [-0.1, -0.05) is 11.6 Å². The minimum Gasteiger partial charge on any atom is -0.492 e. The molecule has 1 aromatic carbocycles. The fourth-order valence-corrected chi connectivity index (χ4v) is 2.91. The van der Waals surface area contributed by atoms with Crippen LogP contribution >= 0.6 is 11.6 Å². The van der Waals surface area contributed by atoms with Gasteiger partial charge < -0.3 is 4.74 Å². The molecule has 2 aliphatic heterocycles. The Bertz CT molecular complexity index is 776. The van der Waals surface area contributed by atoms with E-state index in [1.807, 2.05) is 12.1 Å². The van der Waals surface area contributed by atoms with E-state index in [1.165, 1.54) is 5.01 Å². The number of aromatic nitrogens is 1. The first-order chi connectivity index (χ1) is 10.7. The van der Waals surface area contributed by atoms with E-state index in [0.717, 1.165) is 17.0 Å². The van der Waals surface area contributed by atoms with Crippen LogP contribution in [0.25, 0.3) is 0 Å². The number of carbonyl (C=O) groups excluding carboxylic acids is 1. The van der Waals surface area contributed by atoms with Crippen molar-refractivity contribution in [1.82, 2.24) is 9.99 Å². The molecule has 2 aliphatic rings. The lowest BCUT2D eigenvalue weighted by Crippen LogP contribution is -2.31. The molecule has 4 rings (SSSR count). The topological polar surface area (TPSA) is 54.8 Å². The zero-order valence-corrected chi connectivity index (χ0v) is 12.3. The minimum atomic E-state index is -0.154. The van der Waals surface area contributed by atoms with Crippen molar-refractivity contribution in [3.8, 4) is 5.75 Å². The summed E-state index contributed by atoms with van der Waals surface area (Å²) in [4.78, 5) is 16.5. The van der Waals surface area contributed by atoms with E-state index in [0.29, 0.717) is 23.7 Å². The fourth-order valence-electron chi connectivity index (χ4n) is 2.74. The number of hydrazone groups is 1. The Balaban J connectivity index is 1.69. The normalized spacial score (nSPS) is 19.0. The first-order valence-corrected chi connectivity index (χ1v) is 7.33. The number of ether oxygens (including phenoxy) is 1.